The molecule has 1 aromatic heterocycles. The van der Waals surface area contributed by atoms with Gasteiger partial charge in [-0.25, -0.2) is 9.97 Å². The molecule has 19 heavy (non-hydrogen) atoms. The van der Waals surface area contributed by atoms with E-state index < -0.39 is 0 Å². The average molecular weight is 260 g/mol. The van der Waals surface area contributed by atoms with Crippen LogP contribution in [0, 0.1) is 5.92 Å². The van der Waals surface area contributed by atoms with Crippen molar-refractivity contribution >= 4 is 5.95 Å². The van der Waals surface area contributed by atoms with Gasteiger partial charge in [0.2, 0.25) is 5.95 Å². The highest BCUT2D eigenvalue weighted by Crippen LogP contribution is 2.37. The molecule has 104 valence electrons. The summed E-state index contributed by atoms with van der Waals surface area (Å²) >= 11 is 0. The monoisotopic (exact) mass is 260 g/mol. The fourth-order valence-corrected chi connectivity index (χ4v) is 3.25. The van der Waals surface area contributed by atoms with Gasteiger partial charge >= 0.3 is 0 Å². The van der Waals surface area contributed by atoms with Gasteiger partial charge in [0, 0.05) is 24.7 Å². The Hall–Kier alpha value is -1.16. The minimum Gasteiger partial charge on any atom is -0.341 e. The summed E-state index contributed by atoms with van der Waals surface area (Å²) in [6.07, 6.45) is 6.69. The summed E-state index contributed by atoms with van der Waals surface area (Å²) in [5, 5.41) is 0. The van der Waals surface area contributed by atoms with Crippen molar-refractivity contribution in [3.63, 3.8) is 0 Å². The highest BCUT2D eigenvalue weighted by atomic mass is 15.3. The second-order valence-electron chi connectivity index (χ2n) is 6.59. The van der Waals surface area contributed by atoms with Crippen LogP contribution in [0.3, 0.4) is 0 Å². The van der Waals surface area contributed by atoms with Gasteiger partial charge < -0.3 is 10.6 Å². The molecule has 0 saturated carbocycles. The van der Waals surface area contributed by atoms with Crippen LogP contribution in [0.2, 0.25) is 0 Å². The van der Waals surface area contributed by atoms with Gasteiger partial charge in [0.05, 0.1) is 5.69 Å². The van der Waals surface area contributed by atoms with E-state index in [0.29, 0.717) is 5.92 Å². The molecule has 1 saturated heterocycles. The molecule has 1 aliphatic carbocycles. The van der Waals surface area contributed by atoms with Crippen molar-refractivity contribution in [3.05, 3.63) is 17.5 Å². The Bertz CT molecular complexity index is 461. The summed E-state index contributed by atoms with van der Waals surface area (Å²) in [5.74, 6) is 1.60. The molecule has 0 bridgehead atoms. The number of aryl methyl sites for hydroxylation is 1. The molecule has 0 unspecified atom stereocenters. The van der Waals surface area contributed by atoms with Crippen LogP contribution in [0.1, 0.15) is 44.4 Å². The van der Waals surface area contributed by atoms with Gasteiger partial charge in [-0.15, -0.1) is 0 Å². The number of hydrogen-bond donors (Lipinski definition) is 1. The van der Waals surface area contributed by atoms with Crippen molar-refractivity contribution in [1.82, 2.24) is 9.97 Å². The normalized spacial score (nSPS) is 22.6. The molecule has 0 atom stereocenters. The molecule has 1 aromatic rings. The summed E-state index contributed by atoms with van der Waals surface area (Å²) in [6, 6.07) is 0. The van der Waals surface area contributed by atoms with Crippen molar-refractivity contribution in [2.24, 2.45) is 11.7 Å². The van der Waals surface area contributed by atoms with Crippen molar-refractivity contribution in [2.45, 2.75) is 44.9 Å². The summed E-state index contributed by atoms with van der Waals surface area (Å²) in [5.41, 5.74) is 8.56. The number of fused-ring (bicyclic) bond motifs is 1. The standard InChI is InChI=1S/C15H24N4/c1-15(2)6-3-12-10-17-14(18-13(12)15)19-7-4-11(9-16)5-8-19/h10-11H,3-9,16H2,1-2H3. The summed E-state index contributed by atoms with van der Waals surface area (Å²) in [7, 11) is 0. The van der Waals surface area contributed by atoms with Gasteiger partial charge in [-0.3, -0.25) is 0 Å². The first-order valence-corrected chi connectivity index (χ1v) is 7.41. The van der Waals surface area contributed by atoms with Crippen LogP contribution >= 0.6 is 0 Å². The molecule has 0 spiro atoms. The number of piperidine rings is 1. The zero-order chi connectivity index (χ0) is 13.5. The molecule has 1 fully saturated rings. The molecule has 0 radical (unpaired) electrons. The Balaban J connectivity index is 1.80. The number of anilines is 1. The number of hydrogen-bond acceptors (Lipinski definition) is 4. The Morgan fingerprint density at radius 1 is 1.37 bits per heavy atom. The number of nitrogens with zero attached hydrogens (tertiary/aromatic N) is 3. The SMILES string of the molecule is CC1(C)CCc2cnc(N3CCC(CN)CC3)nc21. The second kappa shape index (κ2) is 4.75. The summed E-state index contributed by atoms with van der Waals surface area (Å²) in [4.78, 5) is 11.8. The topological polar surface area (TPSA) is 55.0 Å². The number of aromatic nitrogens is 2. The van der Waals surface area contributed by atoms with Crippen LogP contribution in [0.25, 0.3) is 0 Å². The smallest absolute Gasteiger partial charge is 0.225 e. The highest BCUT2D eigenvalue weighted by Gasteiger charge is 2.32. The van der Waals surface area contributed by atoms with E-state index in [9.17, 15) is 0 Å². The molecule has 4 heteroatoms. The van der Waals surface area contributed by atoms with Crippen LogP contribution in [0.15, 0.2) is 6.20 Å². The minimum atomic E-state index is 0.211. The van der Waals surface area contributed by atoms with Crippen molar-refractivity contribution in [1.29, 1.82) is 0 Å². The van der Waals surface area contributed by atoms with E-state index in [2.05, 4.69) is 23.7 Å². The Morgan fingerprint density at radius 2 is 2.11 bits per heavy atom. The lowest BCUT2D eigenvalue weighted by Gasteiger charge is -2.32. The minimum absolute atomic E-state index is 0.211. The van der Waals surface area contributed by atoms with E-state index >= 15 is 0 Å². The third-order valence-electron chi connectivity index (χ3n) is 4.74. The molecular weight excluding hydrogens is 236 g/mol. The van der Waals surface area contributed by atoms with Gasteiger partial charge in [-0.2, -0.15) is 0 Å². The first-order chi connectivity index (χ1) is 9.10. The zero-order valence-electron chi connectivity index (χ0n) is 12.0. The molecule has 2 aliphatic rings. The number of nitrogens with two attached hydrogens (primary N) is 1. The van der Waals surface area contributed by atoms with E-state index in [0.717, 1.165) is 32.0 Å². The van der Waals surface area contributed by atoms with E-state index in [1.165, 1.54) is 30.5 Å². The van der Waals surface area contributed by atoms with Crippen LogP contribution < -0.4 is 10.6 Å². The lowest BCUT2D eigenvalue weighted by atomic mass is 9.91. The number of rotatable bonds is 2. The first-order valence-electron chi connectivity index (χ1n) is 7.41. The maximum atomic E-state index is 5.75. The van der Waals surface area contributed by atoms with E-state index in [4.69, 9.17) is 10.7 Å². The molecule has 0 amide bonds. The van der Waals surface area contributed by atoms with Gasteiger partial charge in [0.1, 0.15) is 0 Å². The van der Waals surface area contributed by atoms with E-state index in [1.54, 1.807) is 0 Å². The summed E-state index contributed by atoms with van der Waals surface area (Å²) < 4.78 is 0. The van der Waals surface area contributed by atoms with Gasteiger partial charge in [-0.05, 0) is 43.7 Å². The second-order valence-corrected chi connectivity index (χ2v) is 6.59. The quantitative estimate of drug-likeness (QED) is 0.882. The third kappa shape index (κ3) is 2.34. The third-order valence-corrected chi connectivity index (χ3v) is 4.74. The molecule has 3 rings (SSSR count). The van der Waals surface area contributed by atoms with Crippen LogP contribution in [0.4, 0.5) is 5.95 Å². The van der Waals surface area contributed by atoms with Crippen molar-refractivity contribution in [3.8, 4) is 0 Å². The van der Waals surface area contributed by atoms with Gasteiger partial charge in [0.25, 0.3) is 0 Å². The van der Waals surface area contributed by atoms with Gasteiger partial charge in [0.15, 0.2) is 0 Å². The zero-order valence-corrected chi connectivity index (χ0v) is 12.0. The lowest BCUT2D eigenvalue weighted by Crippen LogP contribution is -2.37. The highest BCUT2D eigenvalue weighted by molar-refractivity contribution is 5.39. The van der Waals surface area contributed by atoms with E-state index in [-0.39, 0.29) is 5.41 Å². The maximum Gasteiger partial charge on any atom is 0.225 e. The van der Waals surface area contributed by atoms with E-state index in [1.807, 2.05) is 6.20 Å². The van der Waals surface area contributed by atoms with Crippen molar-refractivity contribution < 1.29 is 0 Å². The maximum absolute atomic E-state index is 5.75. The predicted molar refractivity (Wildman–Crippen MR) is 77.4 cm³/mol. The lowest BCUT2D eigenvalue weighted by molar-refractivity contribution is 0.410. The van der Waals surface area contributed by atoms with Crippen LogP contribution in [-0.4, -0.2) is 29.6 Å². The summed E-state index contributed by atoms with van der Waals surface area (Å²) in [6.45, 7) is 7.47. The van der Waals surface area contributed by atoms with Crippen LogP contribution in [-0.2, 0) is 11.8 Å². The van der Waals surface area contributed by atoms with Gasteiger partial charge in [-0.1, -0.05) is 13.8 Å². The Kier molecular flexibility index (Phi) is 3.21. The molecule has 1 aliphatic heterocycles. The first kappa shape index (κ1) is 12.9. The Morgan fingerprint density at radius 3 is 2.79 bits per heavy atom. The Labute approximate surface area is 115 Å². The molecule has 0 aromatic carbocycles. The molecule has 2 heterocycles. The predicted octanol–water partition coefficient (Wildman–Crippen LogP) is 1.88. The fraction of sp³-hybridized carbons (Fsp3) is 0.733. The van der Waals surface area contributed by atoms with Crippen molar-refractivity contribution in [2.75, 3.05) is 24.5 Å². The molecule has 2 N–H and O–H groups in total. The average Bonchev–Trinajstić information content (AvgIpc) is 2.74. The van der Waals surface area contributed by atoms with Crippen LogP contribution in [0.5, 0.6) is 0 Å². The molecule has 4 nitrogen and oxygen atoms in total. The largest absolute Gasteiger partial charge is 0.341 e. The fourth-order valence-electron chi connectivity index (χ4n) is 3.25. The molecular formula is C15H24N4.